The fourth-order valence-electron chi connectivity index (χ4n) is 1.97. The summed E-state index contributed by atoms with van der Waals surface area (Å²) in [7, 11) is 0. The Labute approximate surface area is 101 Å². The van der Waals surface area contributed by atoms with Gasteiger partial charge < -0.3 is 10.0 Å². The second kappa shape index (κ2) is 4.73. The first-order valence-electron chi connectivity index (χ1n) is 6.03. The molecule has 92 valence electrons. The van der Waals surface area contributed by atoms with Crippen LogP contribution in [0, 0.1) is 5.92 Å². The fourth-order valence-corrected chi connectivity index (χ4v) is 1.97. The summed E-state index contributed by atoms with van der Waals surface area (Å²) in [6, 6.07) is 2.10. The predicted molar refractivity (Wildman–Crippen MR) is 66.4 cm³/mol. The van der Waals surface area contributed by atoms with E-state index in [1.54, 1.807) is 12.3 Å². The Morgan fingerprint density at radius 3 is 2.82 bits per heavy atom. The first-order chi connectivity index (χ1) is 8.09. The van der Waals surface area contributed by atoms with Crippen LogP contribution in [0.25, 0.3) is 0 Å². The van der Waals surface area contributed by atoms with Gasteiger partial charge in [-0.05, 0) is 38.7 Å². The topological polar surface area (TPSA) is 53.4 Å². The summed E-state index contributed by atoms with van der Waals surface area (Å²) >= 11 is 0. The number of hydrogen-bond donors (Lipinski definition) is 1. The van der Waals surface area contributed by atoms with Crippen molar-refractivity contribution < 1.29 is 9.90 Å². The Kier molecular flexibility index (Phi) is 3.31. The summed E-state index contributed by atoms with van der Waals surface area (Å²) in [6.07, 6.45) is 5.61. The second-order valence-corrected chi connectivity index (χ2v) is 4.89. The molecule has 0 spiro atoms. The van der Waals surface area contributed by atoms with Gasteiger partial charge in [0.05, 0.1) is 5.69 Å². The lowest BCUT2D eigenvalue weighted by Crippen LogP contribution is -2.34. The largest absolute Gasteiger partial charge is 0.478 e. The summed E-state index contributed by atoms with van der Waals surface area (Å²) in [5, 5.41) is 9.18. The van der Waals surface area contributed by atoms with Gasteiger partial charge in [0.25, 0.3) is 0 Å². The van der Waals surface area contributed by atoms with E-state index in [1.807, 2.05) is 0 Å². The maximum Gasteiger partial charge on any atom is 0.339 e. The SMILES string of the molecule is CC(C)N(CC1CC1)c1ccncc1C(=O)O. The number of pyridine rings is 1. The van der Waals surface area contributed by atoms with Gasteiger partial charge in [-0.1, -0.05) is 0 Å². The van der Waals surface area contributed by atoms with Gasteiger partial charge in [-0.25, -0.2) is 4.79 Å². The van der Waals surface area contributed by atoms with E-state index >= 15 is 0 Å². The molecule has 1 fully saturated rings. The van der Waals surface area contributed by atoms with Crippen LogP contribution in [0.1, 0.15) is 37.0 Å². The maximum atomic E-state index is 11.2. The van der Waals surface area contributed by atoms with Crippen LogP contribution in [0.15, 0.2) is 18.5 Å². The van der Waals surface area contributed by atoms with Crippen molar-refractivity contribution in [1.82, 2.24) is 4.98 Å². The number of nitrogens with zero attached hydrogens (tertiary/aromatic N) is 2. The third-order valence-electron chi connectivity index (χ3n) is 3.11. The molecule has 0 bridgehead atoms. The number of hydrogen-bond acceptors (Lipinski definition) is 3. The average Bonchev–Trinajstić information content (AvgIpc) is 3.09. The van der Waals surface area contributed by atoms with Crippen LogP contribution in [0.3, 0.4) is 0 Å². The van der Waals surface area contributed by atoms with Crippen LogP contribution in [0.2, 0.25) is 0 Å². The first kappa shape index (κ1) is 11.9. The van der Waals surface area contributed by atoms with Crippen molar-refractivity contribution in [2.45, 2.75) is 32.7 Å². The summed E-state index contributed by atoms with van der Waals surface area (Å²) in [6.45, 7) is 5.13. The van der Waals surface area contributed by atoms with Crippen molar-refractivity contribution in [2.75, 3.05) is 11.4 Å². The lowest BCUT2D eigenvalue weighted by molar-refractivity contribution is 0.0697. The van der Waals surface area contributed by atoms with Gasteiger partial charge in [-0.3, -0.25) is 4.98 Å². The first-order valence-corrected chi connectivity index (χ1v) is 6.03. The molecule has 1 aromatic heterocycles. The third kappa shape index (κ3) is 2.75. The zero-order chi connectivity index (χ0) is 12.4. The van der Waals surface area contributed by atoms with Gasteiger partial charge in [0.15, 0.2) is 0 Å². The smallest absolute Gasteiger partial charge is 0.339 e. The van der Waals surface area contributed by atoms with E-state index in [0.29, 0.717) is 11.6 Å². The van der Waals surface area contributed by atoms with Gasteiger partial charge in [0.2, 0.25) is 0 Å². The van der Waals surface area contributed by atoms with Gasteiger partial charge in [-0.15, -0.1) is 0 Å². The molecule has 0 amide bonds. The number of aromatic carboxylic acids is 1. The molecule has 0 atom stereocenters. The summed E-state index contributed by atoms with van der Waals surface area (Å²) in [5.74, 6) is -0.179. The van der Waals surface area contributed by atoms with Crippen molar-refractivity contribution in [1.29, 1.82) is 0 Å². The number of aromatic nitrogens is 1. The van der Waals surface area contributed by atoms with E-state index in [0.717, 1.165) is 18.2 Å². The molecular formula is C13H18N2O2. The molecule has 0 saturated heterocycles. The Bertz CT molecular complexity index is 414. The molecule has 2 rings (SSSR count). The van der Waals surface area contributed by atoms with E-state index in [1.165, 1.54) is 19.0 Å². The monoisotopic (exact) mass is 234 g/mol. The highest BCUT2D eigenvalue weighted by molar-refractivity contribution is 5.94. The number of carboxylic acid groups (broad SMARTS) is 1. The minimum absolute atomic E-state index is 0.293. The lowest BCUT2D eigenvalue weighted by atomic mass is 10.1. The van der Waals surface area contributed by atoms with Gasteiger partial charge >= 0.3 is 5.97 Å². The number of carboxylic acids is 1. The van der Waals surface area contributed by atoms with Gasteiger partial charge in [-0.2, -0.15) is 0 Å². The molecule has 4 nitrogen and oxygen atoms in total. The molecule has 17 heavy (non-hydrogen) atoms. The van der Waals surface area contributed by atoms with Crippen molar-refractivity contribution in [2.24, 2.45) is 5.92 Å². The highest BCUT2D eigenvalue weighted by Crippen LogP contribution is 2.33. The molecule has 0 unspecified atom stereocenters. The highest BCUT2D eigenvalue weighted by Gasteiger charge is 2.27. The molecule has 1 N–H and O–H groups in total. The Morgan fingerprint density at radius 1 is 1.59 bits per heavy atom. The zero-order valence-corrected chi connectivity index (χ0v) is 10.3. The maximum absolute atomic E-state index is 11.2. The highest BCUT2D eigenvalue weighted by atomic mass is 16.4. The predicted octanol–water partition coefficient (Wildman–Crippen LogP) is 2.40. The van der Waals surface area contributed by atoms with Crippen LogP contribution in [0.4, 0.5) is 5.69 Å². The summed E-state index contributed by atoms with van der Waals surface area (Å²) < 4.78 is 0. The molecule has 1 aliphatic carbocycles. The minimum Gasteiger partial charge on any atom is -0.478 e. The van der Waals surface area contributed by atoms with Crippen molar-refractivity contribution in [3.63, 3.8) is 0 Å². The van der Waals surface area contributed by atoms with Gasteiger partial charge in [0.1, 0.15) is 5.56 Å². The van der Waals surface area contributed by atoms with E-state index in [4.69, 9.17) is 0 Å². The zero-order valence-electron chi connectivity index (χ0n) is 10.3. The quantitative estimate of drug-likeness (QED) is 0.850. The molecule has 1 aromatic rings. The van der Waals surface area contributed by atoms with Crippen LogP contribution in [0.5, 0.6) is 0 Å². The summed E-state index contributed by atoms with van der Waals surface area (Å²) in [4.78, 5) is 17.2. The van der Waals surface area contributed by atoms with Crippen molar-refractivity contribution in [3.05, 3.63) is 24.0 Å². The number of carbonyl (C=O) groups is 1. The molecule has 1 aliphatic rings. The fraction of sp³-hybridized carbons (Fsp3) is 0.538. The molecule has 4 heteroatoms. The molecule has 0 aliphatic heterocycles. The third-order valence-corrected chi connectivity index (χ3v) is 3.11. The molecule has 1 heterocycles. The van der Waals surface area contributed by atoms with Gasteiger partial charge in [0, 0.05) is 25.0 Å². The normalized spacial score (nSPS) is 15.0. The number of anilines is 1. The van der Waals surface area contributed by atoms with Crippen molar-refractivity contribution in [3.8, 4) is 0 Å². The Morgan fingerprint density at radius 2 is 2.29 bits per heavy atom. The lowest BCUT2D eigenvalue weighted by Gasteiger charge is -2.30. The van der Waals surface area contributed by atoms with Crippen LogP contribution in [-0.4, -0.2) is 28.6 Å². The minimum atomic E-state index is -0.908. The molecular weight excluding hydrogens is 216 g/mol. The molecule has 0 radical (unpaired) electrons. The number of rotatable bonds is 5. The van der Waals surface area contributed by atoms with E-state index in [2.05, 4.69) is 23.7 Å². The molecule has 1 saturated carbocycles. The Balaban J connectivity index is 2.30. The van der Waals surface area contributed by atoms with Crippen molar-refractivity contribution >= 4 is 11.7 Å². The van der Waals surface area contributed by atoms with E-state index in [9.17, 15) is 9.90 Å². The second-order valence-electron chi connectivity index (χ2n) is 4.89. The van der Waals surface area contributed by atoms with Crippen LogP contribution >= 0.6 is 0 Å². The Hall–Kier alpha value is -1.58. The van der Waals surface area contributed by atoms with Crippen LogP contribution < -0.4 is 4.90 Å². The van der Waals surface area contributed by atoms with E-state index < -0.39 is 5.97 Å². The average molecular weight is 234 g/mol. The standard InChI is InChI=1S/C13H18N2O2/c1-9(2)15(8-10-3-4-10)12-5-6-14-7-11(12)13(16)17/h5-7,9-10H,3-4,8H2,1-2H3,(H,16,17). The summed E-state index contributed by atoms with van der Waals surface area (Å²) in [5.41, 5.74) is 1.08. The molecule has 0 aromatic carbocycles. The van der Waals surface area contributed by atoms with E-state index in [-0.39, 0.29) is 0 Å². The van der Waals surface area contributed by atoms with Crippen LogP contribution in [-0.2, 0) is 0 Å².